The van der Waals surface area contributed by atoms with Crippen molar-refractivity contribution in [2.45, 2.75) is 51.4 Å². The maximum Gasteiger partial charge on any atom is 0.333 e. The minimum atomic E-state index is -0.630. The van der Waals surface area contributed by atoms with Crippen LogP contribution >= 0.6 is 0 Å². The van der Waals surface area contributed by atoms with Gasteiger partial charge < -0.3 is 29.1 Å². The van der Waals surface area contributed by atoms with E-state index < -0.39 is 29.6 Å². The fourth-order valence-corrected chi connectivity index (χ4v) is 3.54. The Kier molecular flexibility index (Phi) is 16.3. The molecule has 2 heterocycles. The molecule has 224 valence electrons. The molecule has 2 rings (SSSR count). The molecule has 0 radical (unpaired) electrons. The van der Waals surface area contributed by atoms with Crippen LogP contribution in [-0.2, 0) is 52.6 Å². The summed E-state index contributed by atoms with van der Waals surface area (Å²) in [4.78, 5) is 74.8. The second-order valence-electron chi connectivity index (χ2n) is 8.92. The highest BCUT2D eigenvalue weighted by Crippen LogP contribution is 2.13. The van der Waals surface area contributed by atoms with Gasteiger partial charge >= 0.3 is 5.97 Å². The van der Waals surface area contributed by atoms with Crippen molar-refractivity contribution in [1.82, 2.24) is 15.3 Å². The number of amides is 5. The monoisotopic (exact) mass is 569 g/mol. The van der Waals surface area contributed by atoms with Crippen molar-refractivity contribution in [2.24, 2.45) is 0 Å². The van der Waals surface area contributed by atoms with Gasteiger partial charge in [-0.25, -0.2) is 4.79 Å². The van der Waals surface area contributed by atoms with Crippen LogP contribution in [0.3, 0.4) is 0 Å². The molecule has 0 saturated carbocycles. The molecular formula is C26H39N3O11. The fraction of sp³-hybridized carbons (Fsp3) is 0.692. The number of nitrogens with zero attached hydrogens (tertiary/aromatic N) is 2. The van der Waals surface area contributed by atoms with E-state index in [-0.39, 0.29) is 38.1 Å². The molecule has 14 nitrogen and oxygen atoms in total. The van der Waals surface area contributed by atoms with Crippen molar-refractivity contribution in [3.05, 3.63) is 12.2 Å². The van der Waals surface area contributed by atoms with Crippen LogP contribution in [-0.4, -0.2) is 111 Å². The molecule has 2 aliphatic rings. The van der Waals surface area contributed by atoms with Crippen molar-refractivity contribution in [1.29, 1.82) is 0 Å². The lowest BCUT2D eigenvalue weighted by molar-refractivity contribution is -0.197. The number of rotatable bonds is 23. The quantitative estimate of drug-likeness (QED) is 0.130. The summed E-state index contributed by atoms with van der Waals surface area (Å²) in [6.07, 6.45) is 5.28. The van der Waals surface area contributed by atoms with Gasteiger partial charge in [0.05, 0.1) is 13.0 Å². The van der Waals surface area contributed by atoms with Gasteiger partial charge in [0.25, 0.3) is 23.6 Å². The van der Waals surface area contributed by atoms with Gasteiger partial charge in [0.1, 0.15) is 0 Å². The highest BCUT2D eigenvalue weighted by Gasteiger charge is 2.32. The molecule has 14 heteroatoms. The Morgan fingerprint density at radius 1 is 0.675 bits per heavy atom. The van der Waals surface area contributed by atoms with Crippen molar-refractivity contribution in [2.75, 3.05) is 65.9 Å². The van der Waals surface area contributed by atoms with Gasteiger partial charge in [-0.1, -0.05) is 0 Å². The summed E-state index contributed by atoms with van der Waals surface area (Å²) in [5.41, 5.74) is 0. The number of hydrogen-bond donors (Lipinski definition) is 1. The highest BCUT2D eigenvalue weighted by atomic mass is 16.7. The molecule has 0 atom stereocenters. The Labute approximate surface area is 233 Å². The number of imide groups is 2. The zero-order valence-corrected chi connectivity index (χ0v) is 22.8. The van der Waals surface area contributed by atoms with Crippen LogP contribution in [0.5, 0.6) is 0 Å². The Morgan fingerprint density at radius 2 is 1.15 bits per heavy atom. The standard InChI is InChI=1S/C26H39N3O11/c30-21(10-12-28-22(31)6-7-23(28)32)27-11-20-39-19-4-18-38-17-3-16-37-15-2-14-36-13-1-5-26(35)40-29-24(33)8-9-25(29)34/h6-7H,1-5,8-20H2,(H,27,30). The lowest BCUT2D eigenvalue weighted by atomic mass is 10.3. The van der Waals surface area contributed by atoms with Crippen LogP contribution in [0.2, 0.25) is 0 Å². The maximum atomic E-state index is 11.8. The number of nitrogens with one attached hydrogen (secondary N) is 1. The van der Waals surface area contributed by atoms with Crippen LogP contribution in [0.4, 0.5) is 0 Å². The number of hydroxylamine groups is 2. The molecule has 0 aromatic carbocycles. The molecule has 0 aromatic rings. The maximum absolute atomic E-state index is 11.8. The first-order valence-electron chi connectivity index (χ1n) is 13.6. The van der Waals surface area contributed by atoms with Crippen LogP contribution in [0, 0.1) is 0 Å². The van der Waals surface area contributed by atoms with Crippen LogP contribution in [0.15, 0.2) is 12.2 Å². The molecule has 0 unspecified atom stereocenters. The fourth-order valence-electron chi connectivity index (χ4n) is 3.54. The molecule has 1 fully saturated rings. The summed E-state index contributed by atoms with van der Waals surface area (Å²) >= 11 is 0. The van der Waals surface area contributed by atoms with Crippen molar-refractivity contribution in [3.63, 3.8) is 0 Å². The van der Waals surface area contributed by atoms with E-state index in [1.807, 2.05) is 0 Å². The number of ether oxygens (including phenoxy) is 4. The molecule has 0 aromatic heterocycles. The lowest BCUT2D eigenvalue weighted by Gasteiger charge is -2.13. The average molecular weight is 570 g/mol. The van der Waals surface area contributed by atoms with Gasteiger partial charge in [0, 0.05) is 90.8 Å². The smallest absolute Gasteiger partial charge is 0.333 e. The molecule has 0 bridgehead atoms. The molecule has 1 N–H and O–H groups in total. The van der Waals surface area contributed by atoms with E-state index in [1.165, 1.54) is 12.2 Å². The third-order valence-electron chi connectivity index (χ3n) is 5.63. The number of carbonyl (C=O) groups is 6. The van der Waals surface area contributed by atoms with E-state index >= 15 is 0 Å². The third kappa shape index (κ3) is 13.7. The summed E-state index contributed by atoms with van der Waals surface area (Å²) in [5, 5.41) is 3.23. The predicted molar refractivity (Wildman–Crippen MR) is 137 cm³/mol. The van der Waals surface area contributed by atoms with E-state index in [9.17, 15) is 28.8 Å². The molecule has 0 aliphatic carbocycles. The first kappa shape index (κ1) is 33.0. The van der Waals surface area contributed by atoms with Gasteiger partial charge in [0.2, 0.25) is 5.91 Å². The van der Waals surface area contributed by atoms with E-state index in [2.05, 4.69) is 5.32 Å². The molecule has 0 spiro atoms. The lowest BCUT2D eigenvalue weighted by Crippen LogP contribution is -2.35. The first-order valence-corrected chi connectivity index (χ1v) is 13.6. The van der Waals surface area contributed by atoms with Crippen molar-refractivity contribution >= 4 is 35.5 Å². The third-order valence-corrected chi connectivity index (χ3v) is 5.63. The molecule has 40 heavy (non-hydrogen) atoms. The normalized spacial score (nSPS) is 15.0. The van der Waals surface area contributed by atoms with Crippen molar-refractivity contribution < 1.29 is 52.6 Å². The Balaban J connectivity index is 1.24. The van der Waals surface area contributed by atoms with Gasteiger partial charge in [0.15, 0.2) is 0 Å². The predicted octanol–water partition coefficient (Wildman–Crippen LogP) is 0.0418. The summed E-state index contributed by atoms with van der Waals surface area (Å²) < 4.78 is 21.9. The molecule has 2 aliphatic heterocycles. The summed E-state index contributed by atoms with van der Waals surface area (Å²) in [6.45, 7) is 4.41. The molecule has 5 amide bonds. The largest absolute Gasteiger partial charge is 0.381 e. The second-order valence-corrected chi connectivity index (χ2v) is 8.92. The van der Waals surface area contributed by atoms with Gasteiger partial charge in [-0.3, -0.25) is 28.9 Å². The average Bonchev–Trinajstić information content (AvgIpc) is 3.43. The van der Waals surface area contributed by atoms with E-state index in [4.69, 9.17) is 23.8 Å². The van der Waals surface area contributed by atoms with Crippen LogP contribution in [0.1, 0.15) is 51.4 Å². The zero-order valence-electron chi connectivity index (χ0n) is 22.8. The van der Waals surface area contributed by atoms with E-state index in [0.717, 1.165) is 24.2 Å². The number of hydrogen-bond acceptors (Lipinski definition) is 11. The van der Waals surface area contributed by atoms with E-state index in [1.54, 1.807) is 0 Å². The Morgan fingerprint density at radius 3 is 1.68 bits per heavy atom. The zero-order chi connectivity index (χ0) is 29.0. The topological polar surface area (TPSA) is 167 Å². The van der Waals surface area contributed by atoms with Gasteiger partial charge in [-0.15, -0.1) is 5.06 Å². The molecular weight excluding hydrogens is 530 g/mol. The SMILES string of the molecule is O=C(CCN1C(=O)C=CC1=O)NCCOCCCOCCCOCCCOCCCC(=O)ON1C(=O)CCC1=O. The summed E-state index contributed by atoms with van der Waals surface area (Å²) in [5.74, 6) is -2.66. The van der Waals surface area contributed by atoms with Crippen molar-refractivity contribution in [3.8, 4) is 0 Å². The Bertz CT molecular complexity index is 859. The van der Waals surface area contributed by atoms with Gasteiger partial charge in [-0.05, 0) is 25.7 Å². The van der Waals surface area contributed by atoms with Crippen LogP contribution < -0.4 is 5.32 Å². The Hall–Kier alpha value is -3.20. The number of carbonyl (C=O) groups excluding carboxylic acids is 6. The summed E-state index contributed by atoms with van der Waals surface area (Å²) in [6, 6.07) is 0. The first-order chi connectivity index (χ1) is 19.4. The molecule has 1 saturated heterocycles. The highest BCUT2D eigenvalue weighted by molar-refractivity contribution is 6.13. The van der Waals surface area contributed by atoms with E-state index in [0.29, 0.717) is 70.9 Å². The summed E-state index contributed by atoms with van der Waals surface area (Å²) in [7, 11) is 0. The minimum Gasteiger partial charge on any atom is -0.381 e. The minimum absolute atomic E-state index is 0.0556. The second kappa shape index (κ2) is 19.8. The van der Waals surface area contributed by atoms with Gasteiger partial charge in [-0.2, -0.15) is 0 Å². The van der Waals surface area contributed by atoms with Crippen LogP contribution in [0.25, 0.3) is 0 Å².